The maximum Gasteiger partial charge on any atom is 0.442 e. The first-order valence-electron chi connectivity index (χ1n) is 6.92. The summed E-state index contributed by atoms with van der Waals surface area (Å²) in [6.45, 7) is -0.432. The molecule has 1 heterocycles. The van der Waals surface area contributed by atoms with Crippen LogP contribution in [0.3, 0.4) is 0 Å². The number of benzene rings is 1. The fourth-order valence-electron chi connectivity index (χ4n) is 2.78. The Kier molecular flexibility index (Phi) is 4.07. The topological polar surface area (TPSA) is 50.9 Å². The van der Waals surface area contributed by atoms with Crippen molar-refractivity contribution >= 4 is 11.8 Å². The van der Waals surface area contributed by atoms with Gasteiger partial charge in [0.15, 0.2) is 0 Å². The summed E-state index contributed by atoms with van der Waals surface area (Å²) >= 11 is -0.365. The van der Waals surface area contributed by atoms with E-state index in [1.165, 1.54) is 6.33 Å². The zero-order valence-electron chi connectivity index (χ0n) is 12.1. The van der Waals surface area contributed by atoms with Gasteiger partial charge in [-0.25, -0.2) is 18.4 Å². The molecule has 24 heavy (non-hydrogen) atoms. The minimum absolute atomic E-state index is 0.0409. The molecule has 1 aliphatic rings. The van der Waals surface area contributed by atoms with E-state index in [1.54, 1.807) is 0 Å². The fraction of sp³-hybridized carbons (Fsp3) is 0.429. The molecule has 1 aromatic carbocycles. The smallest absolute Gasteiger partial charge is 0.382 e. The summed E-state index contributed by atoms with van der Waals surface area (Å²) in [5.41, 5.74) is -7.23. The Labute approximate surface area is 137 Å². The van der Waals surface area contributed by atoms with Crippen LogP contribution in [-0.4, -0.2) is 30.1 Å². The first kappa shape index (κ1) is 17.2. The van der Waals surface area contributed by atoms with Gasteiger partial charge in [0.05, 0.1) is 11.3 Å². The molecule has 10 heteroatoms. The molecule has 1 atom stereocenters. The number of alkyl halides is 3. The number of nitrogens with zero attached hydrogens (tertiary/aromatic N) is 3. The molecule has 0 radical (unpaired) electrons. The molecular formula is C14H12F5N3OS. The molecule has 130 valence electrons. The average Bonchev–Trinajstić information content (AvgIpc) is 3.04. The summed E-state index contributed by atoms with van der Waals surface area (Å²) in [7, 11) is 0. The Morgan fingerprint density at radius 3 is 2.46 bits per heavy atom. The molecular weight excluding hydrogens is 353 g/mol. The van der Waals surface area contributed by atoms with Crippen LogP contribution in [0.4, 0.5) is 22.0 Å². The van der Waals surface area contributed by atoms with Crippen LogP contribution in [0.1, 0.15) is 18.4 Å². The molecule has 3 rings (SSSR count). The number of aromatic nitrogens is 3. The van der Waals surface area contributed by atoms with Gasteiger partial charge in [-0.05, 0) is 30.7 Å². The first-order chi connectivity index (χ1) is 11.2. The van der Waals surface area contributed by atoms with Crippen molar-refractivity contribution in [2.45, 2.75) is 35.2 Å². The standard InChI is InChI=1S/C14H12F5N3OS/c15-9-1-2-10(11(16)5-9)13(23,6-22-8-20-7-21-22)12(3-4-12)24-14(17,18)19/h1-2,5,7-8,23H,3-4,6H2. The summed E-state index contributed by atoms with van der Waals surface area (Å²) in [5.74, 6) is -1.99. The molecule has 0 saturated heterocycles. The number of thioether (sulfide) groups is 1. The number of hydrogen-bond acceptors (Lipinski definition) is 4. The number of halogens is 5. The molecule has 1 aromatic heterocycles. The molecule has 0 amide bonds. The van der Waals surface area contributed by atoms with Crippen LogP contribution in [0.2, 0.25) is 0 Å². The Hall–Kier alpha value is -1.68. The van der Waals surface area contributed by atoms with Crippen LogP contribution in [-0.2, 0) is 12.1 Å². The molecule has 1 N–H and O–H groups in total. The SMILES string of the molecule is OC(Cn1cncn1)(c1ccc(F)cc1F)C1(SC(F)(F)F)CC1. The van der Waals surface area contributed by atoms with Crippen molar-refractivity contribution in [3.63, 3.8) is 0 Å². The van der Waals surface area contributed by atoms with E-state index in [2.05, 4.69) is 10.1 Å². The second kappa shape index (κ2) is 5.69. The average molecular weight is 365 g/mol. The second-order valence-corrected chi connectivity index (χ2v) is 7.07. The minimum Gasteiger partial charge on any atom is -0.382 e. The van der Waals surface area contributed by atoms with Gasteiger partial charge in [0, 0.05) is 11.6 Å². The quantitative estimate of drug-likeness (QED) is 0.827. The second-order valence-electron chi connectivity index (χ2n) is 5.62. The van der Waals surface area contributed by atoms with Crippen LogP contribution >= 0.6 is 11.8 Å². The molecule has 1 unspecified atom stereocenters. The van der Waals surface area contributed by atoms with E-state index < -0.39 is 39.6 Å². The summed E-state index contributed by atoms with van der Waals surface area (Å²) < 4.78 is 65.7. The zero-order chi connectivity index (χ0) is 17.6. The van der Waals surface area contributed by atoms with Crippen LogP contribution in [0.5, 0.6) is 0 Å². The van der Waals surface area contributed by atoms with E-state index in [0.717, 1.165) is 23.1 Å². The van der Waals surface area contributed by atoms with Crippen LogP contribution < -0.4 is 0 Å². The van der Waals surface area contributed by atoms with E-state index in [9.17, 15) is 27.1 Å². The van der Waals surface area contributed by atoms with E-state index in [-0.39, 0.29) is 24.6 Å². The summed E-state index contributed by atoms with van der Waals surface area (Å²) in [5, 5.41) is 14.9. The van der Waals surface area contributed by atoms with Crippen molar-refractivity contribution in [3.05, 3.63) is 48.1 Å². The predicted octanol–water partition coefficient (Wildman–Crippen LogP) is 3.23. The Morgan fingerprint density at radius 1 is 1.25 bits per heavy atom. The van der Waals surface area contributed by atoms with Crippen molar-refractivity contribution in [2.24, 2.45) is 0 Å². The largest absolute Gasteiger partial charge is 0.442 e. The van der Waals surface area contributed by atoms with Gasteiger partial charge in [-0.1, -0.05) is 6.07 Å². The van der Waals surface area contributed by atoms with E-state index >= 15 is 0 Å². The Bertz CT molecular complexity index is 733. The lowest BCUT2D eigenvalue weighted by Gasteiger charge is -2.37. The number of hydrogen-bond donors (Lipinski definition) is 1. The zero-order valence-corrected chi connectivity index (χ0v) is 12.9. The highest BCUT2D eigenvalue weighted by Gasteiger charge is 2.65. The van der Waals surface area contributed by atoms with Gasteiger partial charge in [-0.3, -0.25) is 0 Å². The summed E-state index contributed by atoms with van der Waals surface area (Å²) in [4.78, 5) is 3.67. The number of rotatable bonds is 5. The van der Waals surface area contributed by atoms with Gasteiger partial charge in [-0.15, -0.1) is 0 Å². The van der Waals surface area contributed by atoms with Crippen molar-refractivity contribution in [1.82, 2.24) is 14.8 Å². The monoisotopic (exact) mass is 365 g/mol. The van der Waals surface area contributed by atoms with Crippen LogP contribution in [0, 0.1) is 11.6 Å². The lowest BCUT2D eigenvalue weighted by molar-refractivity contribution is -0.0418. The Balaban J connectivity index is 2.07. The molecule has 1 fully saturated rings. The molecule has 4 nitrogen and oxygen atoms in total. The number of aliphatic hydroxyl groups is 1. The maximum absolute atomic E-state index is 14.2. The molecule has 0 aliphatic heterocycles. The van der Waals surface area contributed by atoms with Crippen molar-refractivity contribution in [1.29, 1.82) is 0 Å². The van der Waals surface area contributed by atoms with Gasteiger partial charge in [0.25, 0.3) is 0 Å². The van der Waals surface area contributed by atoms with Gasteiger partial charge in [0.2, 0.25) is 0 Å². The maximum atomic E-state index is 14.2. The third-order valence-electron chi connectivity index (χ3n) is 4.00. The molecule has 0 bridgehead atoms. The van der Waals surface area contributed by atoms with E-state index in [0.29, 0.717) is 6.07 Å². The van der Waals surface area contributed by atoms with Crippen LogP contribution in [0.15, 0.2) is 30.9 Å². The van der Waals surface area contributed by atoms with Crippen molar-refractivity contribution < 1.29 is 27.1 Å². The normalized spacial score (nSPS) is 19.1. The van der Waals surface area contributed by atoms with Gasteiger partial charge < -0.3 is 5.11 Å². The van der Waals surface area contributed by atoms with E-state index in [1.807, 2.05) is 0 Å². The first-order valence-corrected chi connectivity index (χ1v) is 7.74. The fourth-order valence-corrected chi connectivity index (χ4v) is 3.88. The highest BCUT2D eigenvalue weighted by Crippen LogP contribution is 2.64. The highest BCUT2D eigenvalue weighted by atomic mass is 32.2. The molecule has 1 aliphatic carbocycles. The minimum atomic E-state index is -4.61. The lowest BCUT2D eigenvalue weighted by Crippen LogP contribution is -2.45. The third kappa shape index (κ3) is 3.12. The molecule has 0 spiro atoms. The Morgan fingerprint density at radius 2 is 1.96 bits per heavy atom. The van der Waals surface area contributed by atoms with Gasteiger partial charge in [-0.2, -0.15) is 18.3 Å². The van der Waals surface area contributed by atoms with E-state index in [4.69, 9.17) is 0 Å². The third-order valence-corrected chi connectivity index (χ3v) is 5.37. The molecule has 1 saturated carbocycles. The lowest BCUT2D eigenvalue weighted by atomic mass is 9.87. The van der Waals surface area contributed by atoms with Crippen molar-refractivity contribution in [3.8, 4) is 0 Å². The van der Waals surface area contributed by atoms with Gasteiger partial charge >= 0.3 is 5.51 Å². The molecule has 2 aromatic rings. The summed E-state index contributed by atoms with van der Waals surface area (Å²) in [6.07, 6.45) is 2.44. The predicted molar refractivity (Wildman–Crippen MR) is 75.9 cm³/mol. The van der Waals surface area contributed by atoms with Crippen LogP contribution in [0.25, 0.3) is 0 Å². The summed E-state index contributed by atoms with van der Waals surface area (Å²) in [6, 6.07) is 2.41. The van der Waals surface area contributed by atoms with Gasteiger partial charge in [0.1, 0.15) is 29.9 Å². The van der Waals surface area contributed by atoms with Crippen molar-refractivity contribution in [2.75, 3.05) is 0 Å². The highest BCUT2D eigenvalue weighted by molar-refractivity contribution is 8.01.